The molecule has 1 atom stereocenters. The molecule has 4 nitrogen and oxygen atoms in total. The lowest BCUT2D eigenvalue weighted by Gasteiger charge is -2.12. The number of halogens is 4. The Morgan fingerprint density at radius 1 is 1.32 bits per heavy atom. The van der Waals surface area contributed by atoms with Crippen LogP contribution in [0.1, 0.15) is 22.8 Å². The van der Waals surface area contributed by atoms with Gasteiger partial charge in [0.15, 0.2) is 6.10 Å². The minimum absolute atomic E-state index is 0.270. The minimum atomic E-state index is -4.64. The highest BCUT2D eigenvalue weighted by molar-refractivity contribution is 6.31. The van der Waals surface area contributed by atoms with Gasteiger partial charge in [-0.3, -0.25) is 4.79 Å². The average molecular weight is 296 g/mol. The van der Waals surface area contributed by atoms with Crippen molar-refractivity contribution in [3.63, 3.8) is 0 Å². The number of carbonyl (C=O) groups is 2. The number of hydrogen-bond donors (Lipinski definition) is 1. The molecule has 0 fully saturated rings. The van der Waals surface area contributed by atoms with Gasteiger partial charge in [0.05, 0.1) is 11.1 Å². The van der Waals surface area contributed by atoms with Crippen molar-refractivity contribution in [2.45, 2.75) is 19.2 Å². The molecule has 0 aliphatic heterocycles. The normalized spacial score (nSPS) is 12.9. The van der Waals surface area contributed by atoms with Gasteiger partial charge in [0.1, 0.15) is 0 Å². The van der Waals surface area contributed by atoms with Crippen LogP contribution in [0.3, 0.4) is 0 Å². The van der Waals surface area contributed by atoms with Crippen molar-refractivity contribution < 1.29 is 27.5 Å². The molecule has 0 spiro atoms. The molecule has 2 N–H and O–H groups in total. The Morgan fingerprint density at radius 2 is 1.89 bits per heavy atom. The van der Waals surface area contributed by atoms with Crippen molar-refractivity contribution in [3.05, 3.63) is 34.3 Å². The molecule has 0 saturated carbocycles. The molecule has 1 unspecified atom stereocenters. The van der Waals surface area contributed by atoms with E-state index in [1.807, 2.05) is 0 Å². The molecule has 1 amide bonds. The van der Waals surface area contributed by atoms with E-state index < -0.39 is 35.3 Å². The van der Waals surface area contributed by atoms with Crippen LogP contribution in [-0.4, -0.2) is 18.0 Å². The molecule has 8 heteroatoms. The zero-order chi connectivity index (χ0) is 14.8. The van der Waals surface area contributed by atoms with Crippen molar-refractivity contribution in [1.82, 2.24) is 0 Å². The number of amides is 1. The van der Waals surface area contributed by atoms with Gasteiger partial charge in [-0.05, 0) is 25.1 Å². The molecule has 0 heterocycles. The SMILES string of the molecule is CC(OC(=O)c1cc(Cl)cc(C(F)(F)F)c1)C(N)=O. The van der Waals surface area contributed by atoms with E-state index in [9.17, 15) is 22.8 Å². The van der Waals surface area contributed by atoms with Crippen LogP contribution in [-0.2, 0) is 15.7 Å². The summed E-state index contributed by atoms with van der Waals surface area (Å²) < 4.78 is 42.1. The van der Waals surface area contributed by atoms with Crippen LogP contribution in [0.25, 0.3) is 0 Å². The zero-order valence-electron chi connectivity index (χ0n) is 9.62. The summed E-state index contributed by atoms with van der Waals surface area (Å²) in [5.74, 6) is -2.02. The van der Waals surface area contributed by atoms with Gasteiger partial charge in [-0.15, -0.1) is 0 Å². The maximum atomic E-state index is 12.5. The molecule has 0 bridgehead atoms. The van der Waals surface area contributed by atoms with Crippen LogP contribution >= 0.6 is 11.6 Å². The summed E-state index contributed by atoms with van der Waals surface area (Å²) in [4.78, 5) is 22.2. The molecule has 19 heavy (non-hydrogen) atoms. The van der Waals surface area contributed by atoms with Crippen LogP contribution in [0, 0.1) is 0 Å². The highest BCUT2D eigenvalue weighted by Gasteiger charge is 2.32. The van der Waals surface area contributed by atoms with Gasteiger partial charge in [0.25, 0.3) is 5.91 Å². The number of ether oxygens (including phenoxy) is 1. The molecule has 104 valence electrons. The zero-order valence-corrected chi connectivity index (χ0v) is 10.4. The summed E-state index contributed by atoms with van der Waals surface area (Å²) in [5, 5.41) is -0.270. The summed E-state index contributed by atoms with van der Waals surface area (Å²) in [6.45, 7) is 1.20. The Bertz CT molecular complexity index is 516. The predicted octanol–water partition coefficient (Wildman–Crippen LogP) is 2.39. The third kappa shape index (κ3) is 4.13. The first-order valence-corrected chi connectivity index (χ1v) is 5.37. The Balaban J connectivity index is 3.04. The molecule has 0 radical (unpaired) electrons. The summed E-state index contributed by atoms with van der Waals surface area (Å²) in [7, 11) is 0. The smallest absolute Gasteiger partial charge is 0.416 e. The summed E-state index contributed by atoms with van der Waals surface area (Å²) in [5.41, 5.74) is 3.38. The van der Waals surface area contributed by atoms with Gasteiger partial charge >= 0.3 is 12.1 Å². The van der Waals surface area contributed by atoms with Crippen LogP contribution in [0.15, 0.2) is 18.2 Å². The fourth-order valence-corrected chi connectivity index (χ4v) is 1.39. The molecule has 1 aromatic carbocycles. The Kier molecular flexibility index (Phi) is 4.41. The molecular weight excluding hydrogens is 287 g/mol. The number of esters is 1. The maximum Gasteiger partial charge on any atom is 0.416 e. The second-order valence-electron chi connectivity index (χ2n) is 3.68. The topological polar surface area (TPSA) is 69.4 Å². The van der Waals surface area contributed by atoms with E-state index in [-0.39, 0.29) is 5.02 Å². The largest absolute Gasteiger partial charge is 0.449 e. The Hall–Kier alpha value is -1.76. The highest BCUT2D eigenvalue weighted by atomic mass is 35.5. The highest BCUT2D eigenvalue weighted by Crippen LogP contribution is 2.32. The molecule has 0 aliphatic carbocycles. The Morgan fingerprint density at radius 3 is 2.37 bits per heavy atom. The monoisotopic (exact) mass is 295 g/mol. The summed E-state index contributed by atoms with van der Waals surface area (Å²) in [6.07, 6.45) is -5.89. The fraction of sp³-hybridized carbons (Fsp3) is 0.273. The van der Waals surface area contributed by atoms with Gasteiger partial charge in [-0.25, -0.2) is 4.79 Å². The van der Waals surface area contributed by atoms with Crippen LogP contribution in [0.2, 0.25) is 5.02 Å². The molecular formula is C11H9ClF3NO3. The quantitative estimate of drug-likeness (QED) is 0.871. The van der Waals surface area contributed by atoms with E-state index >= 15 is 0 Å². The lowest BCUT2D eigenvalue weighted by atomic mass is 10.1. The molecule has 1 aromatic rings. The average Bonchev–Trinajstić information content (AvgIpc) is 2.26. The molecule has 1 rings (SSSR count). The van der Waals surface area contributed by atoms with E-state index in [4.69, 9.17) is 17.3 Å². The maximum absolute atomic E-state index is 12.5. The number of carbonyl (C=O) groups excluding carboxylic acids is 2. The van der Waals surface area contributed by atoms with Crippen molar-refractivity contribution in [1.29, 1.82) is 0 Å². The lowest BCUT2D eigenvalue weighted by molar-refractivity contribution is -0.137. The van der Waals surface area contributed by atoms with E-state index in [0.717, 1.165) is 6.07 Å². The first-order valence-electron chi connectivity index (χ1n) is 4.99. The Labute approximate surface area is 111 Å². The van der Waals surface area contributed by atoms with E-state index in [1.165, 1.54) is 6.92 Å². The van der Waals surface area contributed by atoms with Crippen molar-refractivity contribution >= 4 is 23.5 Å². The van der Waals surface area contributed by atoms with Gasteiger partial charge in [-0.2, -0.15) is 13.2 Å². The molecule has 0 aromatic heterocycles. The summed E-state index contributed by atoms with van der Waals surface area (Å²) >= 11 is 5.50. The number of nitrogens with two attached hydrogens (primary N) is 1. The second-order valence-corrected chi connectivity index (χ2v) is 4.11. The second kappa shape index (κ2) is 5.48. The van der Waals surface area contributed by atoms with Gasteiger partial charge in [0, 0.05) is 5.02 Å². The number of alkyl halides is 3. The summed E-state index contributed by atoms with van der Waals surface area (Å²) in [6, 6.07) is 2.27. The number of primary amides is 1. The van der Waals surface area contributed by atoms with Gasteiger partial charge in [0.2, 0.25) is 0 Å². The van der Waals surface area contributed by atoms with E-state index in [1.54, 1.807) is 0 Å². The first kappa shape index (κ1) is 15.3. The van der Waals surface area contributed by atoms with E-state index in [0.29, 0.717) is 12.1 Å². The standard InChI is InChI=1S/C11H9ClF3NO3/c1-5(9(16)17)19-10(18)6-2-7(11(13,14)15)4-8(12)3-6/h2-5H,1H3,(H2,16,17). The number of hydrogen-bond acceptors (Lipinski definition) is 3. The van der Waals surface area contributed by atoms with Crippen molar-refractivity contribution in [2.75, 3.05) is 0 Å². The van der Waals surface area contributed by atoms with Gasteiger partial charge < -0.3 is 10.5 Å². The molecule has 0 aliphatic rings. The minimum Gasteiger partial charge on any atom is -0.449 e. The predicted molar refractivity (Wildman–Crippen MR) is 60.5 cm³/mol. The third-order valence-corrected chi connectivity index (χ3v) is 2.36. The van der Waals surface area contributed by atoms with E-state index in [2.05, 4.69) is 4.74 Å². The van der Waals surface area contributed by atoms with Crippen molar-refractivity contribution in [2.24, 2.45) is 5.73 Å². The lowest BCUT2D eigenvalue weighted by Crippen LogP contribution is -2.30. The van der Waals surface area contributed by atoms with Gasteiger partial charge in [-0.1, -0.05) is 11.6 Å². The number of benzene rings is 1. The van der Waals surface area contributed by atoms with Crippen LogP contribution in [0.4, 0.5) is 13.2 Å². The van der Waals surface area contributed by atoms with Crippen LogP contribution < -0.4 is 5.73 Å². The fourth-order valence-electron chi connectivity index (χ4n) is 1.16. The first-order chi connectivity index (χ1) is 8.61. The van der Waals surface area contributed by atoms with Crippen molar-refractivity contribution in [3.8, 4) is 0 Å². The van der Waals surface area contributed by atoms with Crippen LogP contribution in [0.5, 0.6) is 0 Å². The third-order valence-electron chi connectivity index (χ3n) is 2.15. The number of rotatable bonds is 3. The molecule has 0 saturated heterocycles.